The monoisotopic (exact) mass is 374 g/mol. The molecule has 4 rings (SSSR count). The molecule has 2 aromatic carbocycles. The number of hydrogen-bond donors (Lipinski definition) is 1. The number of nitrogens with zero attached hydrogens (tertiary/aromatic N) is 5. The first-order valence-corrected chi connectivity index (χ1v) is 7.91. The van der Waals surface area contributed by atoms with Gasteiger partial charge in [0.2, 0.25) is 5.95 Å². The summed E-state index contributed by atoms with van der Waals surface area (Å²) in [6, 6.07) is 11.0. The highest BCUT2D eigenvalue weighted by atomic mass is 35.5. The van der Waals surface area contributed by atoms with E-state index in [1.165, 1.54) is 23.0 Å². The van der Waals surface area contributed by atoms with Crippen molar-refractivity contribution in [2.45, 2.75) is 0 Å². The highest BCUT2D eigenvalue weighted by molar-refractivity contribution is 6.35. The second-order valence-corrected chi connectivity index (χ2v) is 6.04. The largest absolute Gasteiger partial charge is 0.324 e. The lowest BCUT2D eigenvalue weighted by Crippen LogP contribution is -2.01. The van der Waals surface area contributed by atoms with Crippen molar-refractivity contribution in [3.8, 4) is 5.69 Å². The Balaban J connectivity index is 1.75. The Hall–Kier alpha value is -2.77. The number of fused-ring (bicyclic) bond motifs is 1. The molecule has 9 heteroatoms. The number of nitrogens with one attached hydrogen (secondary N) is 1. The van der Waals surface area contributed by atoms with Crippen molar-refractivity contribution < 1.29 is 4.39 Å². The quantitative estimate of drug-likeness (QED) is 0.575. The van der Waals surface area contributed by atoms with E-state index in [1.807, 2.05) is 0 Å². The second-order valence-electron chi connectivity index (χ2n) is 5.17. The predicted molar refractivity (Wildman–Crippen MR) is 94.2 cm³/mol. The minimum atomic E-state index is -0.373. The predicted octanol–water partition coefficient (Wildman–Crippen LogP) is 4.40. The molecule has 2 aromatic heterocycles. The molecule has 0 unspecified atom stereocenters. The van der Waals surface area contributed by atoms with Crippen LogP contribution in [0.5, 0.6) is 0 Å². The number of halogens is 3. The van der Waals surface area contributed by atoms with Crippen LogP contribution in [0.2, 0.25) is 10.0 Å². The second kappa shape index (κ2) is 6.27. The van der Waals surface area contributed by atoms with Crippen LogP contribution in [0.25, 0.3) is 16.9 Å². The van der Waals surface area contributed by atoms with Crippen molar-refractivity contribution in [3.05, 3.63) is 64.5 Å². The van der Waals surface area contributed by atoms with Crippen LogP contribution in [0.1, 0.15) is 0 Å². The molecule has 6 nitrogen and oxygen atoms in total. The zero-order valence-corrected chi connectivity index (χ0v) is 14.0. The van der Waals surface area contributed by atoms with Crippen molar-refractivity contribution in [2.75, 3.05) is 5.32 Å². The van der Waals surface area contributed by atoms with Gasteiger partial charge < -0.3 is 5.32 Å². The highest BCUT2D eigenvalue weighted by Gasteiger charge is 2.11. The summed E-state index contributed by atoms with van der Waals surface area (Å²) in [7, 11) is 0. The van der Waals surface area contributed by atoms with Crippen LogP contribution in [0.3, 0.4) is 0 Å². The molecule has 1 N–H and O–H groups in total. The summed E-state index contributed by atoms with van der Waals surface area (Å²) in [5.41, 5.74) is 2.08. The van der Waals surface area contributed by atoms with Gasteiger partial charge in [-0.1, -0.05) is 34.5 Å². The van der Waals surface area contributed by atoms with Gasteiger partial charge in [-0.15, -0.1) is 5.10 Å². The Morgan fingerprint density at radius 1 is 1.04 bits per heavy atom. The standard InChI is InChI=1S/C16H9Cl2FN6/c17-9-4-10(18)6-12(5-9)21-16-20-8-14-15(22-16)25(24-23-14)13-3-1-2-11(19)7-13/h1-8H,(H,20,21,22). The SMILES string of the molecule is Fc1cccc(-n2nnc3cnc(Nc4cc(Cl)cc(Cl)c4)nc32)c1. The summed E-state index contributed by atoms with van der Waals surface area (Å²) in [6.45, 7) is 0. The number of anilines is 2. The lowest BCUT2D eigenvalue weighted by atomic mass is 10.3. The molecular weight excluding hydrogens is 366 g/mol. The average molecular weight is 375 g/mol. The smallest absolute Gasteiger partial charge is 0.229 e. The third-order valence-electron chi connectivity index (χ3n) is 3.36. The normalized spacial score (nSPS) is 11.0. The number of hydrogen-bond acceptors (Lipinski definition) is 5. The van der Waals surface area contributed by atoms with Crippen LogP contribution in [0, 0.1) is 5.82 Å². The first-order chi connectivity index (χ1) is 12.1. The molecule has 124 valence electrons. The van der Waals surface area contributed by atoms with E-state index < -0.39 is 0 Å². The lowest BCUT2D eigenvalue weighted by molar-refractivity contribution is 0.625. The molecule has 2 heterocycles. The van der Waals surface area contributed by atoms with Crippen LogP contribution in [-0.4, -0.2) is 25.0 Å². The first-order valence-electron chi connectivity index (χ1n) is 7.16. The molecule has 0 aliphatic heterocycles. The third-order valence-corrected chi connectivity index (χ3v) is 3.80. The Morgan fingerprint density at radius 3 is 2.60 bits per heavy atom. The topological polar surface area (TPSA) is 68.5 Å². The van der Waals surface area contributed by atoms with E-state index in [2.05, 4.69) is 25.6 Å². The fourth-order valence-corrected chi connectivity index (χ4v) is 2.85. The zero-order valence-electron chi connectivity index (χ0n) is 12.5. The summed E-state index contributed by atoms with van der Waals surface area (Å²) in [5, 5.41) is 12.0. The van der Waals surface area contributed by atoms with Crippen LogP contribution in [0.4, 0.5) is 16.0 Å². The van der Waals surface area contributed by atoms with Crippen molar-refractivity contribution >= 4 is 46.0 Å². The molecular formula is C16H9Cl2FN6. The highest BCUT2D eigenvalue weighted by Crippen LogP contribution is 2.25. The van der Waals surface area contributed by atoms with Crippen LogP contribution in [0.15, 0.2) is 48.7 Å². The van der Waals surface area contributed by atoms with Crippen molar-refractivity contribution in [3.63, 3.8) is 0 Å². The fourth-order valence-electron chi connectivity index (χ4n) is 2.33. The molecule has 0 amide bonds. The first kappa shape index (κ1) is 15.7. The number of aromatic nitrogens is 5. The van der Waals surface area contributed by atoms with Gasteiger partial charge in [0, 0.05) is 15.7 Å². The van der Waals surface area contributed by atoms with E-state index in [9.17, 15) is 4.39 Å². The van der Waals surface area contributed by atoms with Gasteiger partial charge >= 0.3 is 0 Å². The average Bonchev–Trinajstić information content (AvgIpc) is 2.97. The van der Waals surface area contributed by atoms with Gasteiger partial charge in [0.05, 0.1) is 11.9 Å². The maximum Gasteiger partial charge on any atom is 0.229 e. The van der Waals surface area contributed by atoms with Gasteiger partial charge in [0.15, 0.2) is 11.2 Å². The van der Waals surface area contributed by atoms with Crippen LogP contribution in [-0.2, 0) is 0 Å². The summed E-state index contributed by atoms with van der Waals surface area (Å²) >= 11 is 12.0. The third kappa shape index (κ3) is 3.24. The Labute approximate surface area is 151 Å². The Bertz CT molecular complexity index is 1060. The van der Waals surface area contributed by atoms with E-state index in [0.717, 1.165) is 0 Å². The molecule has 0 fully saturated rings. The molecule has 0 radical (unpaired) electrons. The Kier molecular flexibility index (Phi) is 3.95. The summed E-state index contributed by atoms with van der Waals surface area (Å²) < 4.78 is 14.9. The van der Waals surface area contributed by atoms with Gasteiger partial charge in [-0.05, 0) is 36.4 Å². The van der Waals surface area contributed by atoms with Gasteiger partial charge in [0.1, 0.15) is 5.82 Å². The fraction of sp³-hybridized carbons (Fsp3) is 0. The lowest BCUT2D eigenvalue weighted by Gasteiger charge is -2.06. The van der Waals surface area contributed by atoms with Gasteiger partial charge in [-0.25, -0.2) is 9.37 Å². The molecule has 0 saturated carbocycles. The Morgan fingerprint density at radius 2 is 1.84 bits per heavy atom. The molecule has 0 spiro atoms. The molecule has 4 aromatic rings. The van der Waals surface area contributed by atoms with Crippen LogP contribution < -0.4 is 5.32 Å². The van der Waals surface area contributed by atoms with E-state index >= 15 is 0 Å². The number of rotatable bonds is 3. The zero-order chi connectivity index (χ0) is 17.4. The van der Waals surface area contributed by atoms with E-state index in [4.69, 9.17) is 23.2 Å². The summed E-state index contributed by atoms with van der Waals surface area (Å²) in [5.74, 6) is -0.0621. The summed E-state index contributed by atoms with van der Waals surface area (Å²) in [4.78, 5) is 8.59. The van der Waals surface area contributed by atoms with Crippen molar-refractivity contribution in [1.82, 2.24) is 25.0 Å². The maximum atomic E-state index is 13.5. The molecule has 0 aliphatic rings. The molecule has 0 atom stereocenters. The number of benzene rings is 2. The minimum Gasteiger partial charge on any atom is -0.324 e. The van der Waals surface area contributed by atoms with E-state index in [-0.39, 0.29) is 5.82 Å². The maximum absolute atomic E-state index is 13.5. The van der Waals surface area contributed by atoms with Gasteiger partial charge in [-0.2, -0.15) is 9.67 Å². The van der Waals surface area contributed by atoms with Crippen LogP contribution >= 0.6 is 23.2 Å². The van der Waals surface area contributed by atoms with Crippen molar-refractivity contribution in [1.29, 1.82) is 0 Å². The summed E-state index contributed by atoms with van der Waals surface area (Å²) in [6.07, 6.45) is 1.53. The molecule has 0 bridgehead atoms. The van der Waals surface area contributed by atoms with Gasteiger partial charge in [0.25, 0.3) is 0 Å². The van der Waals surface area contributed by atoms with E-state index in [1.54, 1.807) is 30.3 Å². The van der Waals surface area contributed by atoms with Gasteiger partial charge in [-0.3, -0.25) is 0 Å². The minimum absolute atomic E-state index is 0.311. The molecule has 0 aliphatic carbocycles. The van der Waals surface area contributed by atoms with E-state index in [0.29, 0.717) is 38.5 Å². The molecule has 0 saturated heterocycles. The van der Waals surface area contributed by atoms with Crippen molar-refractivity contribution in [2.24, 2.45) is 0 Å². The molecule has 25 heavy (non-hydrogen) atoms.